The van der Waals surface area contributed by atoms with Gasteiger partial charge < -0.3 is 0 Å². The van der Waals surface area contributed by atoms with Crippen LogP contribution in [0.5, 0.6) is 0 Å². The lowest BCUT2D eigenvalue weighted by Crippen LogP contribution is -2.21. The second-order valence-corrected chi connectivity index (χ2v) is 8.89. The Kier molecular flexibility index (Phi) is 5.29. The first kappa shape index (κ1) is 19.3. The Morgan fingerprint density at radius 3 is 2.67 bits per heavy atom. The van der Waals surface area contributed by atoms with E-state index < -0.39 is 0 Å². The maximum atomic E-state index is 13.2. The number of carbonyl (C=O) groups is 1. The van der Waals surface area contributed by atoms with Gasteiger partial charge in [0.05, 0.1) is 0 Å². The number of rotatable bonds is 5. The van der Waals surface area contributed by atoms with Crippen molar-refractivity contribution in [3.05, 3.63) is 94.1 Å². The average Bonchev–Trinajstić information content (AvgIpc) is 2.80. The predicted molar refractivity (Wildman–Crippen MR) is 125 cm³/mol. The molecule has 0 aromatic heterocycles. The smallest absolute Gasteiger partial charge is 0.163 e. The molecule has 152 valence electrons. The van der Waals surface area contributed by atoms with Crippen LogP contribution >= 0.6 is 0 Å². The van der Waals surface area contributed by atoms with Crippen molar-refractivity contribution in [1.29, 1.82) is 0 Å². The van der Waals surface area contributed by atoms with E-state index in [2.05, 4.69) is 55.5 Å². The monoisotopic (exact) mass is 394 g/mol. The summed E-state index contributed by atoms with van der Waals surface area (Å²) in [4.78, 5) is 13.2. The summed E-state index contributed by atoms with van der Waals surface area (Å²) < 4.78 is 0. The van der Waals surface area contributed by atoms with Crippen molar-refractivity contribution in [3.8, 4) is 0 Å². The standard InChI is InChI=1S/C29H30O/c1-2-3-5-14-24-26-18-17-23-22-13-9-8-12-21(22)15-16-25(23)29(26)27(19-28(24)30)20-10-6-4-7-11-20/h4,6-7,9-11,13,17-19,24H,2-3,5,8,12,14-16H2,1H3. The van der Waals surface area contributed by atoms with Crippen LogP contribution in [-0.2, 0) is 11.2 Å². The molecule has 0 saturated heterocycles. The second-order valence-electron chi connectivity index (χ2n) is 8.89. The summed E-state index contributed by atoms with van der Waals surface area (Å²) in [5.74, 6) is 0.298. The molecule has 0 fully saturated rings. The lowest BCUT2D eigenvalue weighted by Gasteiger charge is -2.32. The number of hydrogen-bond acceptors (Lipinski definition) is 1. The zero-order valence-corrected chi connectivity index (χ0v) is 17.9. The van der Waals surface area contributed by atoms with Gasteiger partial charge in [-0.25, -0.2) is 0 Å². The van der Waals surface area contributed by atoms with Crippen molar-refractivity contribution >= 4 is 16.9 Å². The average molecular weight is 395 g/mol. The number of benzene rings is 2. The molecule has 0 aliphatic heterocycles. The SMILES string of the molecule is CCCCCC1C(=O)C=C(c2ccccc2)c2c1ccc1c2CCC2=C1C=CCC2. The van der Waals surface area contributed by atoms with Crippen LogP contribution in [0.4, 0.5) is 0 Å². The molecule has 1 heteroatoms. The third kappa shape index (κ3) is 3.31. The Hall–Kier alpha value is -2.67. The van der Waals surface area contributed by atoms with Crippen LogP contribution in [0.2, 0.25) is 0 Å². The van der Waals surface area contributed by atoms with E-state index in [-0.39, 0.29) is 11.7 Å². The van der Waals surface area contributed by atoms with Gasteiger partial charge in [0.25, 0.3) is 0 Å². The first-order chi connectivity index (χ1) is 14.8. The molecule has 2 aromatic rings. The highest BCUT2D eigenvalue weighted by molar-refractivity contribution is 6.09. The fourth-order valence-corrected chi connectivity index (χ4v) is 5.52. The van der Waals surface area contributed by atoms with E-state index in [4.69, 9.17) is 0 Å². The summed E-state index contributed by atoms with van der Waals surface area (Å²) >= 11 is 0. The van der Waals surface area contributed by atoms with Crippen LogP contribution in [-0.4, -0.2) is 5.78 Å². The molecule has 0 bridgehead atoms. The number of allylic oxidation sites excluding steroid dienone is 5. The maximum absolute atomic E-state index is 13.2. The van der Waals surface area contributed by atoms with Gasteiger partial charge in [-0.2, -0.15) is 0 Å². The summed E-state index contributed by atoms with van der Waals surface area (Å²) in [6.07, 6.45) is 15.7. The third-order valence-electron chi connectivity index (χ3n) is 7.05. The Balaban J connectivity index is 1.68. The van der Waals surface area contributed by atoms with Crippen molar-refractivity contribution < 1.29 is 4.79 Å². The van der Waals surface area contributed by atoms with E-state index in [1.54, 1.807) is 5.57 Å². The molecule has 1 atom stereocenters. The van der Waals surface area contributed by atoms with Gasteiger partial charge in [0.15, 0.2) is 5.78 Å². The van der Waals surface area contributed by atoms with Gasteiger partial charge in [-0.05, 0) is 77.1 Å². The van der Waals surface area contributed by atoms with Crippen LogP contribution in [0, 0.1) is 0 Å². The van der Waals surface area contributed by atoms with E-state index in [1.807, 2.05) is 12.1 Å². The molecule has 0 spiro atoms. The van der Waals surface area contributed by atoms with Gasteiger partial charge in [-0.15, -0.1) is 0 Å². The Bertz CT molecular complexity index is 1070. The van der Waals surface area contributed by atoms with E-state index in [9.17, 15) is 4.79 Å². The van der Waals surface area contributed by atoms with Crippen LogP contribution in [0.15, 0.2) is 66.3 Å². The lowest BCUT2D eigenvalue weighted by atomic mass is 9.71. The van der Waals surface area contributed by atoms with Crippen LogP contribution in [0.1, 0.15) is 85.6 Å². The van der Waals surface area contributed by atoms with E-state index >= 15 is 0 Å². The molecule has 0 heterocycles. The van der Waals surface area contributed by atoms with Crippen molar-refractivity contribution in [2.24, 2.45) is 0 Å². The summed E-state index contributed by atoms with van der Waals surface area (Å²) in [5, 5.41) is 0. The van der Waals surface area contributed by atoms with E-state index in [1.165, 1.54) is 53.5 Å². The van der Waals surface area contributed by atoms with Gasteiger partial charge in [0.1, 0.15) is 0 Å². The number of hydrogen-bond donors (Lipinski definition) is 0. The Morgan fingerprint density at radius 1 is 0.967 bits per heavy atom. The molecule has 0 radical (unpaired) electrons. The third-order valence-corrected chi connectivity index (χ3v) is 7.05. The fourth-order valence-electron chi connectivity index (χ4n) is 5.52. The molecular weight excluding hydrogens is 364 g/mol. The molecule has 30 heavy (non-hydrogen) atoms. The van der Waals surface area contributed by atoms with Crippen LogP contribution < -0.4 is 0 Å². The Morgan fingerprint density at radius 2 is 1.83 bits per heavy atom. The summed E-state index contributed by atoms with van der Waals surface area (Å²) in [5.41, 5.74) is 10.8. The predicted octanol–water partition coefficient (Wildman–Crippen LogP) is 7.41. The minimum Gasteiger partial charge on any atom is -0.294 e. The first-order valence-corrected chi connectivity index (χ1v) is 11.6. The zero-order chi connectivity index (χ0) is 20.5. The maximum Gasteiger partial charge on any atom is 0.163 e. The fraction of sp³-hybridized carbons (Fsp3) is 0.345. The van der Waals surface area contributed by atoms with Gasteiger partial charge >= 0.3 is 0 Å². The lowest BCUT2D eigenvalue weighted by molar-refractivity contribution is -0.116. The molecule has 5 rings (SSSR count). The quantitative estimate of drug-likeness (QED) is 0.482. The first-order valence-electron chi connectivity index (χ1n) is 11.6. The normalized spacial score (nSPS) is 19.8. The molecule has 2 aromatic carbocycles. The van der Waals surface area contributed by atoms with Crippen molar-refractivity contribution in [3.63, 3.8) is 0 Å². The number of carbonyl (C=O) groups excluding carboxylic acids is 1. The minimum atomic E-state index is 0.0154. The molecule has 1 unspecified atom stereocenters. The van der Waals surface area contributed by atoms with E-state index in [0.29, 0.717) is 0 Å². The molecule has 0 amide bonds. The minimum absolute atomic E-state index is 0.0154. The molecular formula is C29H30O. The number of ketones is 1. The van der Waals surface area contributed by atoms with Gasteiger partial charge in [0.2, 0.25) is 0 Å². The molecule has 3 aliphatic rings. The van der Waals surface area contributed by atoms with Gasteiger partial charge in [0, 0.05) is 5.92 Å². The van der Waals surface area contributed by atoms with E-state index in [0.717, 1.165) is 36.8 Å². The zero-order valence-electron chi connectivity index (χ0n) is 17.9. The summed E-state index contributed by atoms with van der Waals surface area (Å²) in [7, 11) is 0. The highest BCUT2D eigenvalue weighted by Crippen LogP contribution is 2.46. The highest BCUT2D eigenvalue weighted by Gasteiger charge is 2.32. The van der Waals surface area contributed by atoms with Crippen LogP contribution in [0.25, 0.3) is 11.1 Å². The van der Waals surface area contributed by atoms with Crippen molar-refractivity contribution in [1.82, 2.24) is 0 Å². The highest BCUT2D eigenvalue weighted by atomic mass is 16.1. The Labute approximate surface area is 180 Å². The van der Waals surface area contributed by atoms with Crippen molar-refractivity contribution in [2.45, 2.75) is 64.2 Å². The van der Waals surface area contributed by atoms with Gasteiger partial charge in [-0.1, -0.05) is 86.4 Å². The van der Waals surface area contributed by atoms with Crippen LogP contribution in [0.3, 0.4) is 0 Å². The van der Waals surface area contributed by atoms with Crippen molar-refractivity contribution in [2.75, 3.05) is 0 Å². The molecule has 3 aliphatic carbocycles. The molecule has 0 saturated carbocycles. The number of fused-ring (bicyclic) bond motifs is 4. The second kappa shape index (κ2) is 8.22. The van der Waals surface area contributed by atoms with Gasteiger partial charge in [-0.3, -0.25) is 4.79 Å². The largest absolute Gasteiger partial charge is 0.294 e. The summed E-state index contributed by atoms with van der Waals surface area (Å²) in [6.45, 7) is 2.23. The molecule has 1 nitrogen and oxygen atoms in total. The summed E-state index contributed by atoms with van der Waals surface area (Å²) in [6, 6.07) is 15.1. The topological polar surface area (TPSA) is 17.1 Å². The number of unbranched alkanes of at least 4 members (excludes halogenated alkanes) is 2. The molecule has 0 N–H and O–H groups in total.